The molecule has 0 spiro atoms. The van der Waals surface area contributed by atoms with E-state index in [-0.39, 0.29) is 41.1 Å². The van der Waals surface area contributed by atoms with Crippen LogP contribution in [-0.4, -0.2) is 25.2 Å². The SMILES string of the molecule is COc1cc(C(C)S(=O)(=O)O)ccc1O.[Na+]. The Labute approximate surface area is 116 Å². The molecule has 7 heteroatoms. The minimum Gasteiger partial charge on any atom is -0.504 e. The van der Waals surface area contributed by atoms with Crippen LogP contribution in [0.5, 0.6) is 11.5 Å². The number of phenolic OH excluding ortho intramolecular Hbond substituents is 1. The van der Waals surface area contributed by atoms with Crippen molar-refractivity contribution in [2.75, 3.05) is 7.11 Å². The van der Waals surface area contributed by atoms with Gasteiger partial charge in [0.15, 0.2) is 11.5 Å². The Balaban J connectivity index is 0.00000225. The van der Waals surface area contributed by atoms with Crippen molar-refractivity contribution >= 4 is 10.1 Å². The van der Waals surface area contributed by atoms with Crippen molar-refractivity contribution in [2.45, 2.75) is 12.2 Å². The minimum atomic E-state index is -4.13. The average Bonchev–Trinajstić information content (AvgIpc) is 2.16. The van der Waals surface area contributed by atoms with E-state index in [9.17, 15) is 13.5 Å². The van der Waals surface area contributed by atoms with E-state index >= 15 is 0 Å². The summed E-state index contributed by atoms with van der Waals surface area (Å²) in [5, 5.41) is 8.23. The van der Waals surface area contributed by atoms with Gasteiger partial charge >= 0.3 is 29.6 Å². The summed E-state index contributed by atoms with van der Waals surface area (Å²) in [7, 11) is -2.77. The maximum absolute atomic E-state index is 10.9. The number of hydrogen-bond donors (Lipinski definition) is 2. The number of phenols is 1. The van der Waals surface area contributed by atoms with E-state index in [0.29, 0.717) is 5.56 Å². The Bertz CT molecular complexity index is 457. The van der Waals surface area contributed by atoms with Gasteiger partial charge in [0.05, 0.1) is 7.11 Å². The molecule has 84 valence electrons. The van der Waals surface area contributed by atoms with E-state index in [1.54, 1.807) is 0 Å². The van der Waals surface area contributed by atoms with Gasteiger partial charge in [-0.3, -0.25) is 4.55 Å². The monoisotopic (exact) mass is 255 g/mol. The fourth-order valence-corrected chi connectivity index (χ4v) is 1.61. The molecule has 0 radical (unpaired) electrons. The summed E-state index contributed by atoms with van der Waals surface area (Å²) in [6.07, 6.45) is 0. The van der Waals surface area contributed by atoms with E-state index < -0.39 is 15.4 Å². The van der Waals surface area contributed by atoms with Crippen molar-refractivity contribution in [3.8, 4) is 11.5 Å². The van der Waals surface area contributed by atoms with Gasteiger partial charge in [-0.1, -0.05) is 6.07 Å². The van der Waals surface area contributed by atoms with Crippen LogP contribution >= 0.6 is 0 Å². The molecule has 0 fully saturated rings. The first-order chi connectivity index (χ1) is 6.86. The smallest absolute Gasteiger partial charge is 0.504 e. The van der Waals surface area contributed by atoms with Crippen LogP contribution in [0.4, 0.5) is 0 Å². The van der Waals surface area contributed by atoms with Crippen LogP contribution in [0.15, 0.2) is 18.2 Å². The Hall–Kier alpha value is -0.270. The molecule has 0 aliphatic carbocycles. The van der Waals surface area contributed by atoms with Crippen LogP contribution in [0.25, 0.3) is 0 Å². The number of ether oxygens (including phenoxy) is 1. The topological polar surface area (TPSA) is 83.8 Å². The molecule has 0 saturated carbocycles. The summed E-state index contributed by atoms with van der Waals surface area (Å²) in [4.78, 5) is 0. The van der Waals surface area contributed by atoms with Crippen LogP contribution in [0.3, 0.4) is 0 Å². The van der Waals surface area contributed by atoms with Gasteiger partial charge in [-0.05, 0) is 24.6 Å². The zero-order valence-electron chi connectivity index (χ0n) is 9.34. The molecule has 0 aliphatic heterocycles. The van der Waals surface area contributed by atoms with Crippen molar-refractivity contribution < 1.29 is 52.4 Å². The number of rotatable bonds is 3. The first kappa shape index (κ1) is 15.7. The van der Waals surface area contributed by atoms with E-state index in [2.05, 4.69) is 0 Å². The Kier molecular flexibility index (Phi) is 5.78. The molecule has 1 atom stereocenters. The van der Waals surface area contributed by atoms with Gasteiger partial charge in [0, 0.05) is 0 Å². The summed E-state index contributed by atoms with van der Waals surface area (Å²) in [6, 6.07) is 4.10. The van der Waals surface area contributed by atoms with Gasteiger partial charge in [-0.15, -0.1) is 0 Å². The third kappa shape index (κ3) is 3.64. The van der Waals surface area contributed by atoms with Gasteiger partial charge in [-0.2, -0.15) is 8.42 Å². The van der Waals surface area contributed by atoms with Gasteiger partial charge in [0.2, 0.25) is 0 Å². The number of benzene rings is 1. The summed E-state index contributed by atoms with van der Waals surface area (Å²) < 4.78 is 35.4. The second-order valence-electron chi connectivity index (χ2n) is 3.09. The molecule has 2 N–H and O–H groups in total. The standard InChI is InChI=1S/C9H12O5S.Na/c1-6(15(11,12)13)7-3-4-8(10)9(5-7)14-2;/h3-6,10H,1-2H3,(H,11,12,13);/q;+1. The third-order valence-corrected chi connectivity index (χ3v) is 3.29. The second-order valence-corrected chi connectivity index (χ2v) is 4.83. The van der Waals surface area contributed by atoms with Crippen molar-refractivity contribution in [1.82, 2.24) is 0 Å². The van der Waals surface area contributed by atoms with E-state index in [0.717, 1.165) is 0 Å². The Morgan fingerprint density at radius 3 is 2.38 bits per heavy atom. The predicted octanol–water partition coefficient (Wildman–Crippen LogP) is -1.65. The van der Waals surface area contributed by atoms with Crippen LogP contribution in [0, 0.1) is 0 Å². The Morgan fingerprint density at radius 1 is 1.38 bits per heavy atom. The molecule has 1 aromatic rings. The third-order valence-electron chi connectivity index (χ3n) is 2.12. The minimum absolute atomic E-state index is 0. The number of aromatic hydroxyl groups is 1. The van der Waals surface area contributed by atoms with E-state index in [1.165, 1.54) is 32.2 Å². The second kappa shape index (κ2) is 5.88. The molecule has 1 rings (SSSR count). The average molecular weight is 255 g/mol. The molecule has 1 unspecified atom stereocenters. The maximum atomic E-state index is 10.9. The first-order valence-electron chi connectivity index (χ1n) is 4.19. The molecule has 0 aliphatic rings. The molecule has 0 saturated heterocycles. The Morgan fingerprint density at radius 2 is 1.94 bits per heavy atom. The van der Waals surface area contributed by atoms with Crippen molar-refractivity contribution in [1.29, 1.82) is 0 Å². The quantitative estimate of drug-likeness (QED) is 0.499. The summed E-state index contributed by atoms with van der Waals surface area (Å²) in [5.74, 6) is 0.0896. The molecular formula is C9H12NaO5S+. The largest absolute Gasteiger partial charge is 1.00 e. The summed E-state index contributed by atoms with van der Waals surface area (Å²) >= 11 is 0. The van der Waals surface area contributed by atoms with Crippen molar-refractivity contribution in [2.24, 2.45) is 0 Å². The molecular weight excluding hydrogens is 243 g/mol. The zero-order valence-corrected chi connectivity index (χ0v) is 12.2. The summed E-state index contributed by atoms with van der Waals surface area (Å²) in [5.41, 5.74) is 0.354. The molecule has 0 aromatic heterocycles. The summed E-state index contributed by atoms with van der Waals surface area (Å²) in [6.45, 7) is 1.35. The van der Waals surface area contributed by atoms with Crippen LogP contribution < -0.4 is 34.3 Å². The van der Waals surface area contributed by atoms with Crippen LogP contribution in [-0.2, 0) is 10.1 Å². The van der Waals surface area contributed by atoms with E-state index in [1.807, 2.05) is 0 Å². The normalized spacial score (nSPS) is 12.7. The van der Waals surface area contributed by atoms with Gasteiger partial charge in [-0.25, -0.2) is 0 Å². The van der Waals surface area contributed by atoms with Crippen molar-refractivity contribution in [3.05, 3.63) is 23.8 Å². The van der Waals surface area contributed by atoms with Crippen LogP contribution in [0.2, 0.25) is 0 Å². The fourth-order valence-electron chi connectivity index (χ4n) is 1.12. The number of hydrogen-bond acceptors (Lipinski definition) is 4. The fraction of sp³-hybridized carbons (Fsp3) is 0.333. The zero-order chi connectivity index (χ0) is 11.6. The maximum Gasteiger partial charge on any atom is 1.00 e. The van der Waals surface area contributed by atoms with Crippen LogP contribution in [0.1, 0.15) is 17.7 Å². The van der Waals surface area contributed by atoms with Gasteiger partial charge < -0.3 is 9.84 Å². The predicted molar refractivity (Wildman–Crippen MR) is 54.6 cm³/mol. The molecule has 0 amide bonds. The molecule has 0 heterocycles. The molecule has 16 heavy (non-hydrogen) atoms. The molecule has 0 bridgehead atoms. The van der Waals surface area contributed by atoms with E-state index in [4.69, 9.17) is 9.29 Å². The van der Waals surface area contributed by atoms with Gasteiger partial charge in [0.1, 0.15) is 5.25 Å². The first-order valence-corrected chi connectivity index (χ1v) is 5.69. The molecule has 5 nitrogen and oxygen atoms in total. The number of methoxy groups -OCH3 is 1. The van der Waals surface area contributed by atoms with Gasteiger partial charge in [0.25, 0.3) is 10.1 Å². The van der Waals surface area contributed by atoms with Crippen molar-refractivity contribution in [3.63, 3.8) is 0 Å². The molecule has 1 aromatic carbocycles.